The van der Waals surface area contributed by atoms with Gasteiger partial charge in [-0.2, -0.15) is 13.2 Å². The van der Waals surface area contributed by atoms with Gasteiger partial charge in [0.1, 0.15) is 11.9 Å². The Morgan fingerprint density at radius 2 is 1.56 bits per heavy atom. The number of carboxylic acid groups (broad SMARTS) is 1. The molecule has 0 bridgehead atoms. The van der Waals surface area contributed by atoms with Gasteiger partial charge < -0.3 is 21.9 Å². The van der Waals surface area contributed by atoms with E-state index in [1.807, 2.05) is 0 Å². The molecule has 15 heteroatoms. The van der Waals surface area contributed by atoms with Gasteiger partial charge in [-0.1, -0.05) is 48.5 Å². The van der Waals surface area contributed by atoms with E-state index in [-0.39, 0.29) is 12.3 Å². The summed E-state index contributed by atoms with van der Waals surface area (Å²) >= 11 is 0. The number of primary amides is 1. The number of nitrogens with two attached hydrogens (primary N) is 2. The van der Waals surface area contributed by atoms with Crippen LogP contribution in [-0.2, 0) is 26.0 Å². The number of amides is 2. The van der Waals surface area contributed by atoms with Gasteiger partial charge in [0, 0.05) is 16.8 Å². The molecule has 0 spiro atoms. The maximum absolute atomic E-state index is 12.9. The molecule has 0 aliphatic heterocycles. The van der Waals surface area contributed by atoms with Crippen molar-refractivity contribution in [1.29, 1.82) is 5.41 Å². The van der Waals surface area contributed by atoms with Crippen LogP contribution in [0.3, 0.4) is 0 Å². The molecule has 3 rings (SSSR count). The largest absolute Gasteiger partial charge is 0.490 e. The van der Waals surface area contributed by atoms with Crippen molar-refractivity contribution < 1.29 is 41.1 Å². The lowest BCUT2D eigenvalue weighted by atomic mass is 9.99. The van der Waals surface area contributed by atoms with Crippen LogP contribution in [-0.4, -0.2) is 55.6 Å². The summed E-state index contributed by atoms with van der Waals surface area (Å²) in [5.41, 5.74) is 14.3. The Balaban J connectivity index is 0.000000745. The number of carbonyl (C=O) groups is 3. The van der Waals surface area contributed by atoms with Gasteiger partial charge in [-0.05, 0) is 47.4 Å². The number of rotatable bonds is 9. The lowest BCUT2D eigenvalue weighted by molar-refractivity contribution is -0.192. The highest BCUT2D eigenvalue weighted by atomic mass is 32.2. The molecule has 0 heterocycles. The van der Waals surface area contributed by atoms with E-state index in [2.05, 4.69) is 10.0 Å². The van der Waals surface area contributed by atoms with Crippen LogP contribution in [0.25, 0.3) is 11.1 Å². The lowest BCUT2D eigenvalue weighted by Crippen LogP contribution is -2.44. The molecular weight excluding hydrogens is 567 g/mol. The van der Waals surface area contributed by atoms with Gasteiger partial charge in [0.2, 0.25) is 21.8 Å². The SMILES string of the molecule is CS(=O)(=O)N[C@@H](Cc1cccc(C(=N)N)c1)C(=O)Nc1ccc(-c2ccccc2C(N)=O)cc1.O=C(O)C(F)(F)F. The molecule has 1 atom stereocenters. The minimum absolute atomic E-state index is 0.0596. The normalized spacial score (nSPS) is 11.9. The van der Waals surface area contributed by atoms with Gasteiger partial charge in [0.25, 0.3) is 0 Å². The Kier molecular flexibility index (Phi) is 10.7. The smallest absolute Gasteiger partial charge is 0.475 e. The number of hydrogen-bond acceptors (Lipinski definition) is 6. The van der Waals surface area contributed by atoms with Crippen molar-refractivity contribution >= 4 is 39.3 Å². The van der Waals surface area contributed by atoms with Crippen molar-refractivity contribution in [2.24, 2.45) is 11.5 Å². The maximum atomic E-state index is 12.9. The molecule has 3 aromatic rings. The van der Waals surface area contributed by atoms with Crippen molar-refractivity contribution in [3.8, 4) is 11.1 Å². The molecule has 41 heavy (non-hydrogen) atoms. The first-order valence-electron chi connectivity index (χ1n) is 11.5. The molecule has 0 radical (unpaired) electrons. The van der Waals surface area contributed by atoms with Crippen LogP contribution in [0.1, 0.15) is 21.5 Å². The van der Waals surface area contributed by atoms with E-state index in [0.717, 1.165) is 11.8 Å². The van der Waals surface area contributed by atoms with E-state index < -0.39 is 40.0 Å². The Bertz CT molecular complexity index is 1540. The van der Waals surface area contributed by atoms with Crippen molar-refractivity contribution in [2.45, 2.75) is 18.6 Å². The maximum Gasteiger partial charge on any atom is 0.490 e. The molecule has 3 aromatic carbocycles. The summed E-state index contributed by atoms with van der Waals surface area (Å²) in [6.07, 6.45) is -4.05. The molecule has 0 saturated carbocycles. The van der Waals surface area contributed by atoms with Crippen LogP contribution >= 0.6 is 0 Å². The van der Waals surface area contributed by atoms with E-state index >= 15 is 0 Å². The number of nitrogens with one attached hydrogen (secondary N) is 3. The molecule has 218 valence electrons. The lowest BCUT2D eigenvalue weighted by Gasteiger charge is -2.18. The fraction of sp³-hybridized carbons (Fsp3) is 0.154. The zero-order chi connectivity index (χ0) is 31.0. The minimum atomic E-state index is -5.08. The zero-order valence-electron chi connectivity index (χ0n) is 21.4. The highest BCUT2D eigenvalue weighted by molar-refractivity contribution is 7.88. The second-order valence-corrected chi connectivity index (χ2v) is 10.3. The predicted molar refractivity (Wildman–Crippen MR) is 146 cm³/mol. The van der Waals surface area contributed by atoms with Crippen molar-refractivity contribution in [2.75, 3.05) is 11.6 Å². The average Bonchev–Trinajstić information content (AvgIpc) is 2.88. The fourth-order valence-corrected chi connectivity index (χ4v) is 4.17. The minimum Gasteiger partial charge on any atom is -0.475 e. The highest BCUT2D eigenvalue weighted by Crippen LogP contribution is 2.25. The number of sulfonamides is 1. The van der Waals surface area contributed by atoms with Gasteiger partial charge >= 0.3 is 12.1 Å². The number of halogens is 3. The Labute approximate surface area is 232 Å². The molecule has 11 nitrogen and oxygen atoms in total. The molecular formula is C26H26F3N5O6S. The number of nitrogen functional groups attached to an aromatic ring is 1. The molecule has 8 N–H and O–H groups in total. The van der Waals surface area contributed by atoms with E-state index in [0.29, 0.717) is 27.9 Å². The first kappa shape index (κ1) is 32.5. The van der Waals surface area contributed by atoms with Crippen LogP contribution in [0.15, 0.2) is 72.8 Å². The highest BCUT2D eigenvalue weighted by Gasteiger charge is 2.38. The van der Waals surface area contributed by atoms with Gasteiger partial charge in [-0.3, -0.25) is 15.0 Å². The molecule has 0 aliphatic carbocycles. The van der Waals surface area contributed by atoms with Gasteiger partial charge in [-0.25, -0.2) is 17.9 Å². The first-order valence-corrected chi connectivity index (χ1v) is 13.4. The van der Waals surface area contributed by atoms with E-state index in [4.69, 9.17) is 26.8 Å². The molecule has 0 saturated heterocycles. The quantitative estimate of drug-likeness (QED) is 0.161. The topological polar surface area (TPSA) is 206 Å². The van der Waals surface area contributed by atoms with Crippen molar-refractivity contribution in [3.63, 3.8) is 0 Å². The van der Waals surface area contributed by atoms with Crippen LogP contribution < -0.4 is 21.5 Å². The van der Waals surface area contributed by atoms with Gasteiger partial charge in [0.05, 0.1) is 6.26 Å². The molecule has 0 unspecified atom stereocenters. The van der Waals surface area contributed by atoms with E-state index in [1.165, 1.54) is 0 Å². The summed E-state index contributed by atoms with van der Waals surface area (Å²) in [5.74, 6) is -3.98. The average molecular weight is 594 g/mol. The first-order chi connectivity index (χ1) is 19.0. The monoisotopic (exact) mass is 593 g/mol. The predicted octanol–water partition coefficient (Wildman–Crippen LogP) is 2.47. The zero-order valence-corrected chi connectivity index (χ0v) is 22.2. The molecule has 0 fully saturated rings. The summed E-state index contributed by atoms with van der Waals surface area (Å²) in [4.78, 5) is 33.5. The third-order valence-electron chi connectivity index (χ3n) is 5.25. The van der Waals surface area contributed by atoms with Gasteiger partial charge in [0.15, 0.2) is 0 Å². The van der Waals surface area contributed by atoms with Crippen molar-refractivity contribution in [1.82, 2.24) is 4.72 Å². The number of carbonyl (C=O) groups excluding carboxylic acids is 2. The van der Waals surface area contributed by atoms with Gasteiger partial charge in [-0.15, -0.1) is 0 Å². The Morgan fingerprint density at radius 1 is 0.976 bits per heavy atom. The summed E-state index contributed by atoms with van der Waals surface area (Å²) in [6, 6.07) is 19.3. The molecule has 0 aromatic heterocycles. The van der Waals surface area contributed by atoms with E-state index in [9.17, 15) is 31.2 Å². The summed E-state index contributed by atoms with van der Waals surface area (Å²) in [7, 11) is -3.68. The third-order valence-corrected chi connectivity index (χ3v) is 5.96. The second kappa shape index (κ2) is 13.5. The molecule has 0 aliphatic rings. The molecule has 2 amide bonds. The van der Waals surface area contributed by atoms with Crippen LogP contribution in [0.4, 0.5) is 18.9 Å². The number of benzene rings is 3. The number of anilines is 1. The van der Waals surface area contributed by atoms with Crippen molar-refractivity contribution in [3.05, 3.63) is 89.5 Å². The standard InChI is InChI=1S/C24H25N5O4S.C2HF3O2/c1-34(32,33)29-21(14-15-5-4-6-17(13-15)22(25)26)24(31)28-18-11-9-16(10-12-18)19-7-2-3-8-20(19)23(27)30;3-2(4,5)1(6)7/h2-13,21,29H,14H2,1H3,(H3,25,26)(H2,27,30)(H,28,31);(H,6,7)/t21-;/m0./s1. The third kappa shape index (κ3) is 10.4. The number of alkyl halides is 3. The number of carboxylic acids is 1. The van der Waals surface area contributed by atoms with E-state index in [1.54, 1.807) is 72.8 Å². The number of amidine groups is 1. The summed E-state index contributed by atoms with van der Waals surface area (Å²) in [5, 5.41) is 17.4. The van der Waals surface area contributed by atoms with Crippen LogP contribution in [0.5, 0.6) is 0 Å². The van der Waals surface area contributed by atoms with Crippen LogP contribution in [0.2, 0.25) is 0 Å². The van der Waals surface area contributed by atoms with Crippen LogP contribution in [0, 0.1) is 5.41 Å². The fourth-order valence-electron chi connectivity index (χ4n) is 3.46. The summed E-state index contributed by atoms with van der Waals surface area (Å²) < 4.78 is 57.8. The second-order valence-electron chi connectivity index (χ2n) is 8.54. The Hall–Kier alpha value is -4.76. The summed E-state index contributed by atoms with van der Waals surface area (Å²) in [6.45, 7) is 0. The number of aliphatic carboxylic acids is 1. The number of hydrogen-bond donors (Lipinski definition) is 6. The Morgan fingerprint density at radius 3 is 2.07 bits per heavy atom.